The van der Waals surface area contributed by atoms with Crippen molar-refractivity contribution in [2.75, 3.05) is 17.6 Å². The van der Waals surface area contributed by atoms with Crippen molar-refractivity contribution in [2.24, 2.45) is 7.05 Å². The van der Waals surface area contributed by atoms with Gasteiger partial charge in [0.25, 0.3) is 0 Å². The molecule has 0 unspecified atom stereocenters. The summed E-state index contributed by atoms with van der Waals surface area (Å²) in [5.74, 6) is 0.707. The first kappa shape index (κ1) is 13.4. The molecule has 6 heteroatoms. The molecule has 6 nitrogen and oxygen atoms in total. The van der Waals surface area contributed by atoms with Crippen LogP contribution in [0.15, 0.2) is 18.2 Å². The van der Waals surface area contributed by atoms with Gasteiger partial charge in [-0.1, -0.05) is 6.07 Å². The molecule has 0 aromatic carbocycles. The number of anilines is 2. The molecule has 0 amide bonds. The number of aromatic nitrogens is 3. The molecule has 0 saturated heterocycles. The minimum absolute atomic E-state index is 0.0341. The Morgan fingerprint density at radius 2 is 2.11 bits per heavy atom. The number of aliphatic hydroxyl groups is 1. The van der Waals surface area contributed by atoms with E-state index in [-0.39, 0.29) is 6.61 Å². The molecule has 0 saturated carbocycles. The van der Waals surface area contributed by atoms with E-state index in [1.54, 1.807) is 10.7 Å². The van der Waals surface area contributed by atoms with Crippen molar-refractivity contribution in [3.8, 4) is 0 Å². The minimum Gasteiger partial charge on any atom is -0.394 e. The quantitative estimate of drug-likeness (QED) is 0.742. The van der Waals surface area contributed by atoms with Gasteiger partial charge in [-0.2, -0.15) is 5.10 Å². The molecular formula is C13H19N5O. The minimum atomic E-state index is -0.0341. The third-order valence-electron chi connectivity index (χ3n) is 3.08. The molecule has 0 aliphatic heterocycles. The molecular weight excluding hydrogens is 242 g/mol. The van der Waals surface area contributed by atoms with Crippen molar-refractivity contribution in [2.45, 2.75) is 20.0 Å². The first-order valence-corrected chi connectivity index (χ1v) is 6.20. The van der Waals surface area contributed by atoms with Crippen molar-refractivity contribution in [1.29, 1.82) is 0 Å². The zero-order valence-electron chi connectivity index (χ0n) is 11.2. The second-order valence-corrected chi connectivity index (χ2v) is 4.43. The lowest BCUT2D eigenvalue weighted by Gasteiger charge is -2.05. The molecule has 2 aromatic rings. The molecule has 0 spiro atoms. The Labute approximate surface area is 112 Å². The van der Waals surface area contributed by atoms with Crippen LogP contribution in [0.2, 0.25) is 0 Å². The van der Waals surface area contributed by atoms with Crippen LogP contribution < -0.4 is 11.1 Å². The summed E-state index contributed by atoms with van der Waals surface area (Å²) in [6.07, 6.45) is 0.753. The fraction of sp³-hybridized carbons (Fsp3) is 0.385. The summed E-state index contributed by atoms with van der Waals surface area (Å²) in [6.45, 7) is 2.59. The van der Waals surface area contributed by atoms with Gasteiger partial charge in [0.05, 0.1) is 23.7 Å². The number of hydrogen-bond acceptors (Lipinski definition) is 5. The van der Waals surface area contributed by atoms with Gasteiger partial charge in [0, 0.05) is 25.7 Å². The Bertz CT molecular complexity index is 564. The summed E-state index contributed by atoms with van der Waals surface area (Å²) in [7, 11) is 1.86. The van der Waals surface area contributed by atoms with Crippen LogP contribution in [0.25, 0.3) is 0 Å². The van der Waals surface area contributed by atoms with Gasteiger partial charge in [-0.25, -0.2) is 0 Å². The van der Waals surface area contributed by atoms with Crippen molar-refractivity contribution in [3.63, 3.8) is 0 Å². The van der Waals surface area contributed by atoms with Gasteiger partial charge in [-0.15, -0.1) is 0 Å². The van der Waals surface area contributed by atoms with Gasteiger partial charge in [-0.3, -0.25) is 9.67 Å². The van der Waals surface area contributed by atoms with Gasteiger partial charge in [0.2, 0.25) is 0 Å². The molecule has 102 valence electrons. The Kier molecular flexibility index (Phi) is 4.01. The smallest absolute Gasteiger partial charge is 0.171 e. The van der Waals surface area contributed by atoms with Gasteiger partial charge in [-0.05, 0) is 19.1 Å². The molecule has 4 N–H and O–H groups in total. The number of aliphatic hydroxyl groups excluding tert-OH is 1. The predicted octanol–water partition coefficient (Wildman–Crippen LogP) is 0.853. The summed E-state index contributed by atoms with van der Waals surface area (Å²) in [6, 6.07) is 5.64. The highest BCUT2D eigenvalue weighted by Crippen LogP contribution is 2.19. The van der Waals surface area contributed by atoms with Crippen LogP contribution in [0.3, 0.4) is 0 Å². The highest BCUT2D eigenvalue weighted by atomic mass is 16.3. The van der Waals surface area contributed by atoms with Gasteiger partial charge < -0.3 is 16.2 Å². The number of nitrogen functional groups attached to an aromatic ring is 1. The SMILES string of the molecule is Cc1c(N)c(NCCc2cccc(CO)n2)nn1C. The number of nitrogens with zero attached hydrogens (tertiary/aromatic N) is 3. The fourth-order valence-corrected chi connectivity index (χ4v) is 1.82. The third kappa shape index (κ3) is 3.03. The maximum Gasteiger partial charge on any atom is 0.171 e. The Balaban J connectivity index is 1.94. The molecule has 2 rings (SSSR count). The van der Waals surface area contributed by atoms with E-state index in [1.807, 2.05) is 26.1 Å². The van der Waals surface area contributed by atoms with E-state index in [0.717, 1.165) is 17.8 Å². The molecule has 19 heavy (non-hydrogen) atoms. The highest BCUT2D eigenvalue weighted by molar-refractivity contribution is 5.64. The van der Waals surface area contributed by atoms with E-state index < -0.39 is 0 Å². The van der Waals surface area contributed by atoms with Crippen molar-refractivity contribution in [1.82, 2.24) is 14.8 Å². The second-order valence-electron chi connectivity index (χ2n) is 4.43. The van der Waals surface area contributed by atoms with Crippen LogP contribution >= 0.6 is 0 Å². The van der Waals surface area contributed by atoms with Crippen LogP contribution in [0.1, 0.15) is 17.1 Å². The molecule has 0 bridgehead atoms. The monoisotopic (exact) mass is 261 g/mol. The Morgan fingerprint density at radius 3 is 2.74 bits per heavy atom. The number of nitrogens with two attached hydrogens (primary N) is 1. The number of nitrogens with one attached hydrogen (secondary N) is 1. The average Bonchev–Trinajstić information content (AvgIpc) is 2.67. The van der Waals surface area contributed by atoms with Gasteiger partial charge in [0.15, 0.2) is 5.82 Å². The lowest BCUT2D eigenvalue weighted by Crippen LogP contribution is -2.08. The van der Waals surface area contributed by atoms with Gasteiger partial charge in [0.1, 0.15) is 0 Å². The zero-order chi connectivity index (χ0) is 13.8. The predicted molar refractivity (Wildman–Crippen MR) is 74.7 cm³/mol. The van der Waals surface area contributed by atoms with Gasteiger partial charge >= 0.3 is 0 Å². The normalized spacial score (nSPS) is 10.7. The second kappa shape index (κ2) is 5.71. The van der Waals surface area contributed by atoms with Crippen molar-refractivity contribution < 1.29 is 5.11 Å². The maximum absolute atomic E-state index is 9.03. The average molecular weight is 261 g/mol. The first-order chi connectivity index (χ1) is 9.11. The van der Waals surface area contributed by atoms with Crippen molar-refractivity contribution in [3.05, 3.63) is 35.3 Å². The number of aryl methyl sites for hydroxylation is 1. The summed E-state index contributed by atoms with van der Waals surface area (Å²) in [5, 5.41) is 16.5. The van der Waals surface area contributed by atoms with E-state index in [0.29, 0.717) is 23.7 Å². The topological polar surface area (TPSA) is 89.0 Å². The molecule has 2 aromatic heterocycles. The number of rotatable bonds is 5. The molecule has 0 fully saturated rings. The van der Waals surface area contributed by atoms with E-state index >= 15 is 0 Å². The molecule has 0 aliphatic rings. The largest absolute Gasteiger partial charge is 0.394 e. The highest BCUT2D eigenvalue weighted by Gasteiger charge is 2.08. The van der Waals surface area contributed by atoms with E-state index in [4.69, 9.17) is 10.8 Å². The summed E-state index contributed by atoms with van der Waals surface area (Å²) in [5.41, 5.74) is 9.18. The number of hydrogen-bond donors (Lipinski definition) is 3. The van der Waals surface area contributed by atoms with Crippen LogP contribution in [0, 0.1) is 6.92 Å². The Morgan fingerprint density at radius 1 is 1.37 bits per heavy atom. The Hall–Kier alpha value is -2.08. The van der Waals surface area contributed by atoms with Crippen LogP contribution in [-0.2, 0) is 20.1 Å². The number of pyridine rings is 1. The summed E-state index contributed by atoms with van der Waals surface area (Å²) in [4.78, 5) is 4.32. The summed E-state index contributed by atoms with van der Waals surface area (Å²) >= 11 is 0. The fourth-order valence-electron chi connectivity index (χ4n) is 1.82. The van der Waals surface area contributed by atoms with Crippen molar-refractivity contribution >= 4 is 11.5 Å². The standard InChI is InChI=1S/C13H19N5O/c1-9-12(14)13(17-18(9)2)15-7-6-10-4-3-5-11(8-19)16-10/h3-5,19H,6-8,14H2,1-2H3,(H,15,17). The van der Waals surface area contributed by atoms with E-state index in [1.165, 1.54) is 0 Å². The molecule has 0 atom stereocenters. The lowest BCUT2D eigenvalue weighted by atomic mass is 10.2. The molecule has 0 aliphatic carbocycles. The van der Waals surface area contributed by atoms with Crippen LogP contribution in [0.4, 0.5) is 11.5 Å². The summed E-state index contributed by atoms with van der Waals surface area (Å²) < 4.78 is 1.75. The first-order valence-electron chi connectivity index (χ1n) is 6.20. The lowest BCUT2D eigenvalue weighted by molar-refractivity contribution is 0.276. The van der Waals surface area contributed by atoms with E-state index in [9.17, 15) is 0 Å². The molecule has 0 radical (unpaired) electrons. The molecule has 2 heterocycles. The third-order valence-corrected chi connectivity index (χ3v) is 3.08. The zero-order valence-corrected chi connectivity index (χ0v) is 11.2. The van der Waals surface area contributed by atoms with Crippen LogP contribution in [-0.4, -0.2) is 26.4 Å². The van der Waals surface area contributed by atoms with Crippen LogP contribution in [0.5, 0.6) is 0 Å². The maximum atomic E-state index is 9.03. The van der Waals surface area contributed by atoms with E-state index in [2.05, 4.69) is 15.4 Å².